The number of para-hydroxylation sites is 2. The van der Waals surface area contributed by atoms with Crippen LogP contribution in [-0.2, 0) is 0 Å². The van der Waals surface area contributed by atoms with Crippen molar-refractivity contribution < 1.29 is 0 Å². The molecule has 84 valence electrons. The zero-order valence-electron chi connectivity index (χ0n) is 10.0. The molecule has 2 nitrogen and oxygen atoms in total. The van der Waals surface area contributed by atoms with Crippen LogP contribution >= 0.6 is 0 Å². The topological polar surface area (TPSA) is 17.8 Å². The highest BCUT2D eigenvalue weighted by atomic mass is 15.0. The lowest BCUT2D eigenvalue weighted by Crippen LogP contribution is -1.95. The molecule has 0 unspecified atom stereocenters. The Morgan fingerprint density at radius 1 is 1.00 bits per heavy atom. The maximum absolute atomic E-state index is 4.42. The Labute approximate surface area is 101 Å². The molecule has 0 N–H and O–H groups in total. The molecule has 0 amide bonds. The third-order valence-electron chi connectivity index (χ3n) is 3.07. The van der Waals surface area contributed by atoms with Crippen molar-refractivity contribution in [2.24, 2.45) is 0 Å². The molecule has 1 aromatic heterocycles. The highest BCUT2D eigenvalue weighted by molar-refractivity contribution is 5.77. The van der Waals surface area contributed by atoms with Gasteiger partial charge in [0.05, 0.1) is 16.7 Å². The number of rotatable bonds is 1. The van der Waals surface area contributed by atoms with E-state index in [9.17, 15) is 0 Å². The predicted molar refractivity (Wildman–Crippen MR) is 70.5 cm³/mol. The summed E-state index contributed by atoms with van der Waals surface area (Å²) in [5.41, 5.74) is 5.94. The lowest BCUT2D eigenvalue weighted by molar-refractivity contribution is 1.07. The molecule has 0 atom stereocenters. The molecule has 0 spiro atoms. The standard InChI is InChI=1S/C15H14N2/c1-11-7-8-14(12(2)9-11)17-10-16-13-5-3-4-6-15(13)17/h3-10H,1-2H3. The summed E-state index contributed by atoms with van der Waals surface area (Å²) in [6.45, 7) is 4.25. The SMILES string of the molecule is Cc1ccc(-n2cnc3ccccc32)c(C)c1. The maximum Gasteiger partial charge on any atom is 0.100 e. The minimum atomic E-state index is 1.03. The largest absolute Gasteiger partial charge is 0.299 e. The van der Waals surface area contributed by atoms with Crippen LogP contribution in [0.15, 0.2) is 48.8 Å². The average molecular weight is 222 g/mol. The van der Waals surface area contributed by atoms with Gasteiger partial charge < -0.3 is 0 Å². The molecule has 3 rings (SSSR count). The van der Waals surface area contributed by atoms with Crippen molar-refractivity contribution in [1.82, 2.24) is 9.55 Å². The Kier molecular flexibility index (Phi) is 2.22. The van der Waals surface area contributed by atoms with E-state index in [1.54, 1.807) is 0 Å². The molecule has 0 fully saturated rings. The van der Waals surface area contributed by atoms with Crippen LogP contribution in [0.4, 0.5) is 0 Å². The molecule has 2 heteroatoms. The van der Waals surface area contributed by atoms with Gasteiger partial charge in [-0.3, -0.25) is 4.57 Å². The lowest BCUT2D eigenvalue weighted by Gasteiger charge is -2.08. The van der Waals surface area contributed by atoms with E-state index in [1.807, 2.05) is 24.5 Å². The highest BCUT2D eigenvalue weighted by Crippen LogP contribution is 2.21. The fraction of sp³-hybridized carbons (Fsp3) is 0.133. The van der Waals surface area contributed by atoms with E-state index in [-0.39, 0.29) is 0 Å². The third-order valence-corrected chi connectivity index (χ3v) is 3.07. The zero-order chi connectivity index (χ0) is 11.8. The van der Waals surface area contributed by atoms with Crippen LogP contribution in [0.2, 0.25) is 0 Å². The van der Waals surface area contributed by atoms with Crippen molar-refractivity contribution in [3.05, 3.63) is 59.9 Å². The number of aromatic nitrogens is 2. The third kappa shape index (κ3) is 1.62. The molecular weight excluding hydrogens is 208 g/mol. The van der Waals surface area contributed by atoms with Gasteiger partial charge in [0.15, 0.2) is 0 Å². The van der Waals surface area contributed by atoms with Gasteiger partial charge in [-0.2, -0.15) is 0 Å². The number of hydrogen-bond acceptors (Lipinski definition) is 1. The summed E-state index contributed by atoms with van der Waals surface area (Å²) in [5, 5.41) is 0. The van der Waals surface area contributed by atoms with E-state index >= 15 is 0 Å². The summed E-state index contributed by atoms with van der Waals surface area (Å²) >= 11 is 0. The first-order chi connectivity index (χ1) is 8.25. The summed E-state index contributed by atoms with van der Waals surface area (Å²) < 4.78 is 2.14. The minimum absolute atomic E-state index is 1.03. The summed E-state index contributed by atoms with van der Waals surface area (Å²) in [6, 6.07) is 14.7. The Morgan fingerprint density at radius 3 is 2.65 bits per heavy atom. The molecule has 0 aliphatic carbocycles. The molecule has 0 saturated heterocycles. The van der Waals surface area contributed by atoms with E-state index in [1.165, 1.54) is 16.8 Å². The number of aryl methyl sites for hydroxylation is 2. The molecule has 0 saturated carbocycles. The maximum atomic E-state index is 4.42. The Bertz CT molecular complexity index is 680. The molecule has 1 heterocycles. The minimum Gasteiger partial charge on any atom is -0.299 e. The second-order valence-corrected chi connectivity index (χ2v) is 4.39. The quantitative estimate of drug-likeness (QED) is 0.614. The average Bonchev–Trinajstić information content (AvgIpc) is 2.73. The van der Waals surface area contributed by atoms with Gasteiger partial charge in [0.1, 0.15) is 6.33 Å². The Hall–Kier alpha value is -2.09. The lowest BCUT2D eigenvalue weighted by atomic mass is 10.1. The van der Waals surface area contributed by atoms with Crippen molar-refractivity contribution in [3.63, 3.8) is 0 Å². The van der Waals surface area contributed by atoms with Crippen LogP contribution in [-0.4, -0.2) is 9.55 Å². The van der Waals surface area contributed by atoms with Gasteiger partial charge in [-0.05, 0) is 37.6 Å². The first kappa shape index (κ1) is 10.1. The van der Waals surface area contributed by atoms with Crippen LogP contribution < -0.4 is 0 Å². The summed E-state index contributed by atoms with van der Waals surface area (Å²) in [7, 11) is 0. The molecule has 2 aromatic carbocycles. The van der Waals surface area contributed by atoms with Crippen LogP contribution in [0, 0.1) is 13.8 Å². The number of nitrogens with zero attached hydrogens (tertiary/aromatic N) is 2. The van der Waals surface area contributed by atoms with Crippen molar-refractivity contribution in [1.29, 1.82) is 0 Å². The molecule has 0 radical (unpaired) electrons. The van der Waals surface area contributed by atoms with Crippen LogP contribution in [0.1, 0.15) is 11.1 Å². The monoisotopic (exact) mass is 222 g/mol. The van der Waals surface area contributed by atoms with Gasteiger partial charge in [0, 0.05) is 0 Å². The summed E-state index contributed by atoms with van der Waals surface area (Å²) in [6.07, 6.45) is 1.89. The molecule has 0 aliphatic heterocycles. The highest BCUT2D eigenvalue weighted by Gasteiger charge is 2.05. The molecule has 0 bridgehead atoms. The van der Waals surface area contributed by atoms with Gasteiger partial charge in [-0.1, -0.05) is 29.8 Å². The number of benzene rings is 2. The van der Waals surface area contributed by atoms with Crippen molar-refractivity contribution in [3.8, 4) is 5.69 Å². The van der Waals surface area contributed by atoms with E-state index in [4.69, 9.17) is 0 Å². The Balaban J connectivity index is 2.27. The van der Waals surface area contributed by atoms with Gasteiger partial charge in [-0.15, -0.1) is 0 Å². The van der Waals surface area contributed by atoms with Gasteiger partial charge in [0.2, 0.25) is 0 Å². The van der Waals surface area contributed by atoms with E-state index in [0.29, 0.717) is 0 Å². The summed E-state index contributed by atoms with van der Waals surface area (Å²) in [5.74, 6) is 0. The second kappa shape index (κ2) is 3.74. The number of fused-ring (bicyclic) bond motifs is 1. The van der Waals surface area contributed by atoms with E-state index in [2.05, 4.69) is 47.7 Å². The van der Waals surface area contributed by atoms with Crippen molar-refractivity contribution in [2.45, 2.75) is 13.8 Å². The molecule has 3 aromatic rings. The van der Waals surface area contributed by atoms with Crippen molar-refractivity contribution >= 4 is 11.0 Å². The smallest absolute Gasteiger partial charge is 0.100 e. The Morgan fingerprint density at radius 2 is 1.82 bits per heavy atom. The van der Waals surface area contributed by atoms with E-state index < -0.39 is 0 Å². The number of hydrogen-bond donors (Lipinski definition) is 0. The first-order valence-electron chi connectivity index (χ1n) is 5.75. The zero-order valence-corrected chi connectivity index (χ0v) is 10.0. The first-order valence-corrected chi connectivity index (χ1v) is 5.75. The van der Waals surface area contributed by atoms with E-state index in [0.717, 1.165) is 11.0 Å². The predicted octanol–water partition coefficient (Wildman–Crippen LogP) is 3.64. The fourth-order valence-electron chi connectivity index (χ4n) is 2.23. The van der Waals surface area contributed by atoms with Gasteiger partial charge >= 0.3 is 0 Å². The second-order valence-electron chi connectivity index (χ2n) is 4.39. The van der Waals surface area contributed by atoms with Gasteiger partial charge in [0.25, 0.3) is 0 Å². The summed E-state index contributed by atoms with van der Waals surface area (Å²) in [4.78, 5) is 4.42. The van der Waals surface area contributed by atoms with Crippen LogP contribution in [0.25, 0.3) is 16.7 Å². The molecule has 0 aliphatic rings. The molecular formula is C15H14N2. The van der Waals surface area contributed by atoms with Crippen molar-refractivity contribution in [2.75, 3.05) is 0 Å². The van der Waals surface area contributed by atoms with Gasteiger partial charge in [-0.25, -0.2) is 4.98 Å². The fourth-order valence-corrected chi connectivity index (χ4v) is 2.23. The normalized spacial score (nSPS) is 10.9. The van der Waals surface area contributed by atoms with Crippen LogP contribution in [0.5, 0.6) is 0 Å². The van der Waals surface area contributed by atoms with Crippen LogP contribution in [0.3, 0.4) is 0 Å². The number of imidazole rings is 1. The molecule has 17 heavy (non-hydrogen) atoms.